The number of piperidine rings is 1. The van der Waals surface area contributed by atoms with Crippen LogP contribution in [-0.2, 0) is 17.6 Å². The number of rotatable bonds is 4. The van der Waals surface area contributed by atoms with Crippen LogP contribution >= 0.6 is 0 Å². The van der Waals surface area contributed by atoms with Gasteiger partial charge in [-0.3, -0.25) is 4.90 Å². The highest BCUT2D eigenvalue weighted by molar-refractivity contribution is 5.35. The lowest BCUT2D eigenvalue weighted by molar-refractivity contribution is -0.0272. The fourth-order valence-electron chi connectivity index (χ4n) is 4.86. The summed E-state index contributed by atoms with van der Waals surface area (Å²) >= 11 is 0. The average Bonchev–Trinajstić information content (AvgIpc) is 2.83. The number of nitrogens with zero attached hydrogens (tertiary/aromatic N) is 1. The van der Waals surface area contributed by atoms with Gasteiger partial charge in [0.05, 0.1) is 5.60 Å². The third kappa shape index (κ3) is 1.93. The highest BCUT2D eigenvalue weighted by Crippen LogP contribution is 2.53. The first-order valence-electron chi connectivity index (χ1n) is 8.09. The van der Waals surface area contributed by atoms with Crippen molar-refractivity contribution < 1.29 is 4.74 Å². The molecule has 0 spiro atoms. The number of hydrogen-bond donors (Lipinski definition) is 0. The van der Waals surface area contributed by atoms with Crippen LogP contribution in [0.1, 0.15) is 24.5 Å². The van der Waals surface area contributed by atoms with Crippen LogP contribution < -0.4 is 0 Å². The highest BCUT2D eigenvalue weighted by Gasteiger charge is 2.55. The second-order valence-corrected chi connectivity index (χ2v) is 7.10. The van der Waals surface area contributed by atoms with Gasteiger partial charge in [0.15, 0.2) is 0 Å². The van der Waals surface area contributed by atoms with Crippen molar-refractivity contribution in [3.8, 4) is 0 Å². The zero-order valence-corrected chi connectivity index (χ0v) is 12.6. The predicted molar refractivity (Wildman–Crippen MR) is 80.8 cm³/mol. The maximum atomic E-state index is 6.00. The molecule has 0 amide bonds. The summed E-state index contributed by atoms with van der Waals surface area (Å²) in [6, 6.07) is 8.85. The molecule has 2 aliphatic carbocycles. The quantitative estimate of drug-likeness (QED) is 0.835. The maximum Gasteiger partial charge on any atom is 0.0885 e. The van der Waals surface area contributed by atoms with E-state index in [1.807, 2.05) is 7.11 Å². The van der Waals surface area contributed by atoms with Crippen LogP contribution in [0, 0.1) is 17.8 Å². The Morgan fingerprint density at radius 3 is 2.25 bits per heavy atom. The van der Waals surface area contributed by atoms with Gasteiger partial charge >= 0.3 is 0 Å². The van der Waals surface area contributed by atoms with Crippen molar-refractivity contribution in [2.75, 3.05) is 26.7 Å². The number of methoxy groups -OCH3 is 1. The minimum absolute atomic E-state index is 0.0299. The number of ether oxygens (including phenoxy) is 1. The van der Waals surface area contributed by atoms with Crippen LogP contribution in [0.2, 0.25) is 0 Å². The summed E-state index contributed by atoms with van der Waals surface area (Å²) in [5.74, 6) is 3.03. The van der Waals surface area contributed by atoms with Crippen LogP contribution in [0.3, 0.4) is 0 Å². The SMILES string of the molecule is CCC1C2CN(CC3(OC)Cc4ccccc4C3)CC12. The zero-order chi connectivity index (χ0) is 13.7. The van der Waals surface area contributed by atoms with Crippen LogP contribution in [0.25, 0.3) is 0 Å². The Balaban J connectivity index is 1.44. The van der Waals surface area contributed by atoms with Gasteiger partial charge in [-0.05, 0) is 28.9 Å². The van der Waals surface area contributed by atoms with Gasteiger partial charge in [-0.1, -0.05) is 37.6 Å². The fourth-order valence-corrected chi connectivity index (χ4v) is 4.86. The van der Waals surface area contributed by atoms with Gasteiger partial charge in [-0.25, -0.2) is 0 Å². The number of benzene rings is 1. The summed E-state index contributed by atoms with van der Waals surface area (Å²) in [5, 5.41) is 0. The van der Waals surface area contributed by atoms with E-state index in [1.54, 1.807) is 0 Å². The fraction of sp³-hybridized carbons (Fsp3) is 0.667. The largest absolute Gasteiger partial charge is 0.376 e. The van der Waals surface area contributed by atoms with Crippen LogP contribution in [0.4, 0.5) is 0 Å². The molecule has 2 fully saturated rings. The van der Waals surface area contributed by atoms with Crippen molar-refractivity contribution in [2.24, 2.45) is 17.8 Å². The summed E-state index contributed by atoms with van der Waals surface area (Å²) in [4.78, 5) is 2.66. The van der Waals surface area contributed by atoms with Crippen LogP contribution in [-0.4, -0.2) is 37.2 Å². The third-order valence-electron chi connectivity index (χ3n) is 6.01. The van der Waals surface area contributed by atoms with E-state index in [4.69, 9.17) is 4.74 Å². The van der Waals surface area contributed by atoms with Gasteiger partial charge in [0, 0.05) is 39.6 Å². The van der Waals surface area contributed by atoms with Crippen LogP contribution in [0.15, 0.2) is 24.3 Å². The molecule has 2 heteroatoms. The molecule has 3 aliphatic rings. The molecule has 0 radical (unpaired) electrons. The lowest BCUT2D eigenvalue weighted by Gasteiger charge is -2.33. The molecule has 0 bridgehead atoms. The van der Waals surface area contributed by atoms with Crippen molar-refractivity contribution in [1.82, 2.24) is 4.90 Å². The molecular weight excluding hydrogens is 246 g/mol. The molecule has 0 aromatic heterocycles. The van der Waals surface area contributed by atoms with Gasteiger partial charge in [-0.2, -0.15) is 0 Å². The molecule has 108 valence electrons. The molecular formula is C18H25NO. The second kappa shape index (κ2) is 4.57. The van der Waals surface area contributed by atoms with Crippen molar-refractivity contribution >= 4 is 0 Å². The van der Waals surface area contributed by atoms with Crippen LogP contribution in [0.5, 0.6) is 0 Å². The Hall–Kier alpha value is -0.860. The van der Waals surface area contributed by atoms with E-state index < -0.39 is 0 Å². The first-order chi connectivity index (χ1) is 9.74. The lowest BCUT2D eigenvalue weighted by atomic mass is 9.99. The number of fused-ring (bicyclic) bond motifs is 2. The van der Waals surface area contributed by atoms with Gasteiger partial charge < -0.3 is 4.74 Å². The molecule has 1 saturated carbocycles. The molecule has 0 N–H and O–H groups in total. The molecule has 2 nitrogen and oxygen atoms in total. The molecule has 1 heterocycles. The Labute approximate surface area is 122 Å². The Morgan fingerprint density at radius 2 is 1.75 bits per heavy atom. The maximum absolute atomic E-state index is 6.00. The standard InChI is InChI=1S/C18H25NO/c1-3-15-16-10-19(11-17(15)16)12-18(20-2)8-13-6-4-5-7-14(13)9-18/h4-7,15-17H,3,8-12H2,1-2H3. The van der Waals surface area contributed by atoms with E-state index >= 15 is 0 Å². The smallest absolute Gasteiger partial charge is 0.0885 e. The normalized spacial score (nSPS) is 34.0. The highest BCUT2D eigenvalue weighted by atomic mass is 16.5. The number of likely N-dealkylation sites (tertiary alicyclic amines) is 1. The van der Waals surface area contributed by atoms with Gasteiger partial charge in [-0.15, -0.1) is 0 Å². The third-order valence-corrected chi connectivity index (χ3v) is 6.01. The molecule has 4 rings (SSSR count). The monoisotopic (exact) mass is 271 g/mol. The van der Waals surface area contributed by atoms with Gasteiger partial charge in [0.2, 0.25) is 0 Å². The van der Waals surface area contributed by atoms with Gasteiger partial charge in [0.1, 0.15) is 0 Å². The van der Waals surface area contributed by atoms with Crippen molar-refractivity contribution in [3.05, 3.63) is 35.4 Å². The minimum Gasteiger partial charge on any atom is -0.376 e. The Morgan fingerprint density at radius 1 is 1.15 bits per heavy atom. The predicted octanol–water partition coefficient (Wildman–Crippen LogP) is 2.76. The Bertz CT molecular complexity index is 475. The molecule has 1 aromatic carbocycles. The van der Waals surface area contributed by atoms with E-state index in [2.05, 4.69) is 36.1 Å². The first-order valence-corrected chi connectivity index (χ1v) is 8.09. The van der Waals surface area contributed by atoms with E-state index in [1.165, 1.54) is 30.6 Å². The zero-order valence-electron chi connectivity index (χ0n) is 12.6. The minimum atomic E-state index is 0.0299. The summed E-state index contributed by atoms with van der Waals surface area (Å²) in [6.07, 6.45) is 3.55. The molecule has 2 atom stereocenters. The topological polar surface area (TPSA) is 12.5 Å². The van der Waals surface area contributed by atoms with Crippen molar-refractivity contribution in [1.29, 1.82) is 0 Å². The number of hydrogen-bond acceptors (Lipinski definition) is 2. The summed E-state index contributed by atoms with van der Waals surface area (Å²) in [7, 11) is 1.90. The molecule has 2 unspecified atom stereocenters. The van der Waals surface area contributed by atoms with Crippen molar-refractivity contribution in [2.45, 2.75) is 31.8 Å². The molecule has 1 saturated heterocycles. The molecule has 1 aromatic rings. The molecule has 1 aliphatic heterocycles. The second-order valence-electron chi connectivity index (χ2n) is 7.10. The molecule has 20 heavy (non-hydrogen) atoms. The first kappa shape index (κ1) is 12.8. The summed E-state index contributed by atoms with van der Waals surface area (Å²) in [6.45, 7) is 6.08. The Kier molecular flexibility index (Phi) is 2.94. The summed E-state index contributed by atoms with van der Waals surface area (Å²) in [5.41, 5.74) is 3.01. The average molecular weight is 271 g/mol. The van der Waals surface area contributed by atoms with E-state index in [0.29, 0.717) is 0 Å². The van der Waals surface area contributed by atoms with E-state index in [-0.39, 0.29) is 5.60 Å². The summed E-state index contributed by atoms with van der Waals surface area (Å²) < 4.78 is 6.00. The van der Waals surface area contributed by atoms with Gasteiger partial charge in [0.25, 0.3) is 0 Å². The van der Waals surface area contributed by atoms with Crippen molar-refractivity contribution in [3.63, 3.8) is 0 Å². The lowest BCUT2D eigenvalue weighted by Crippen LogP contribution is -2.45. The van der Waals surface area contributed by atoms with E-state index in [0.717, 1.165) is 37.1 Å². The van der Waals surface area contributed by atoms with E-state index in [9.17, 15) is 0 Å².